The standard InChI is InChI=1S/C11H16N4O2/c1-3-4-12-10(16)9-7-14-11(15-8-9)13-5-6-17-2/h3,7-8H,1,4-6H2,2H3,(H,12,16)(H,13,14,15). The van der Waals surface area contributed by atoms with Gasteiger partial charge in [0.2, 0.25) is 5.95 Å². The summed E-state index contributed by atoms with van der Waals surface area (Å²) in [5, 5.41) is 5.60. The fourth-order valence-corrected chi connectivity index (χ4v) is 1.07. The highest BCUT2D eigenvalue weighted by Gasteiger charge is 2.05. The van der Waals surface area contributed by atoms with E-state index < -0.39 is 0 Å². The summed E-state index contributed by atoms with van der Waals surface area (Å²) in [6.45, 7) is 5.14. The molecule has 1 heterocycles. The van der Waals surface area contributed by atoms with Crippen LogP contribution in [-0.2, 0) is 4.74 Å². The van der Waals surface area contributed by atoms with Crippen LogP contribution in [0.4, 0.5) is 5.95 Å². The molecule has 0 fully saturated rings. The highest BCUT2D eigenvalue weighted by atomic mass is 16.5. The normalized spacial score (nSPS) is 9.71. The second-order valence-corrected chi connectivity index (χ2v) is 3.21. The molecule has 0 saturated carbocycles. The summed E-state index contributed by atoms with van der Waals surface area (Å²) in [5.41, 5.74) is 0.421. The predicted octanol–water partition coefficient (Wildman–Crippen LogP) is 0.451. The second kappa shape index (κ2) is 7.34. The van der Waals surface area contributed by atoms with Crippen molar-refractivity contribution in [3.8, 4) is 0 Å². The van der Waals surface area contributed by atoms with Gasteiger partial charge >= 0.3 is 0 Å². The lowest BCUT2D eigenvalue weighted by Gasteiger charge is -2.05. The molecule has 0 spiro atoms. The molecule has 0 radical (unpaired) electrons. The lowest BCUT2D eigenvalue weighted by molar-refractivity contribution is 0.0957. The first-order valence-electron chi connectivity index (χ1n) is 5.22. The maximum Gasteiger partial charge on any atom is 0.254 e. The fraction of sp³-hybridized carbons (Fsp3) is 0.364. The molecule has 0 aromatic carbocycles. The molecule has 92 valence electrons. The summed E-state index contributed by atoms with van der Waals surface area (Å²) in [4.78, 5) is 19.5. The van der Waals surface area contributed by atoms with Gasteiger partial charge in [-0.1, -0.05) is 6.08 Å². The fourth-order valence-electron chi connectivity index (χ4n) is 1.07. The molecule has 2 N–H and O–H groups in total. The van der Waals surface area contributed by atoms with Crippen LogP contribution in [0.2, 0.25) is 0 Å². The molecule has 0 aliphatic heterocycles. The number of aromatic nitrogens is 2. The van der Waals surface area contributed by atoms with E-state index in [1.165, 1.54) is 12.4 Å². The van der Waals surface area contributed by atoms with Gasteiger partial charge in [-0.05, 0) is 0 Å². The van der Waals surface area contributed by atoms with Crippen molar-refractivity contribution in [2.75, 3.05) is 32.1 Å². The zero-order chi connectivity index (χ0) is 12.5. The summed E-state index contributed by atoms with van der Waals surface area (Å²) < 4.78 is 4.88. The van der Waals surface area contributed by atoms with Crippen molar-refractivity contribution in [2.24, 2.45) is 0 Å². The van der Waals surface area contributed by atoms with Crippen LogP contribution in [0.25, 0.3) is 0 Å². The Bertz CT molecular complexity index is 364. The van der Waals surface area contributed by atoms with Gasteiger partial charge in [-0.15, -0.1) is 6.58 Å². The summed E-state index contributed by atoms with van der Waals surface area (Å²) >= 11 is 0. The van der Waals surface area contributed by atoms with Crippen LogP contribution in [0.1, 0.15) is 10.4 Å². The van der Waals surface area contributed by atoms with Gasteiger partial charge in [0.05, 0.1) is 12.2 Å². The van der Waals surface area contributed by atoms with E-state index in [1.54, 1.807) is 13.2 Å². The summed E-state index contributed by atoms with van der Waals surface area (Å²) in [7, 11) is 1.62. The number of nitrogens with one attached hydrogen (secondary N) is 2. The van der Waals surface area contributed by atoms with Crippen LogP contribution >= 0.6 is 0 Å². The number of carbonyl (C=O) groups excluding carboxylic acids is 1. The van der Waals surface area contributed by atoms with Gasteiger partial charge in [0, 0.05) is 32.6 Å². The van der Waals surface area contributed by atoms with Crippen LogP contribution in [-0.4, -0.2) is 42.7 Å². The van der Waals surface area contributed by atoms with E-state index in [0.29, 0.717) is 31.2 Å². The van der Waals surface area contributed by atoms with E-state index in [1.807, 2.05) is 0 Å². The van der Waals surface area contributed by atoms with Gasteiger partial charge < -0.3 is 15.4 Å². The summed E-state index contributed by atoms with van der Waals surface area (Å²) in [6.07, 6.45) is 4.56. The SMILES string of the molecule is C=CCNC(=O)c1cnc(NCCOC)nc1. The van der Waals surface area contributed by atoms with Crippen molar-refractivity contribution in [1.29, 1.82) is 0 Å². The van der Waals surface area contributed by atoms with E-state index in [0.717, 1.165) is 0 Å². The van der Waals surface area contributed by atoms with Crippen LogP contribution < -0.4 is 10.6 Å². The molecule has 0 atom stereocenters. The number of methoxy groups -OCH3 is 1. The molecular weight excluding hydrogens is 220 g/mol. The number of rotatable bonds is 7. The monoisotopic (exact) mass is 236 g/mol. The molecule has 0 aliphatic rings. The number of anilines is 1. The molecule has 6 heteroatoms. The van der Waals surface area contributed by atoms with Crippen molar-refractivity contribution >= 4 is 11.9 Å². The molecule has 6 nitrogen and oxygen atoms in total. The van der Waals surface area contributed by atoms with Crippen LogP contribution in [0.15, 0.2) is 25.0 Å². The first-order chi connectivity index (χ1) is 8.27. The number of amides is 1. The smallest absolute Gasteiger partial charge is 0.254 e. The minimum Gasteiger partial charge on any atom is -0.383 e. The minimum atomic E-state index is -0.214. The molecule has 17 heavy (non-hydrogen) atoms. The van der Waals surface area contributed by atoms with Gasteiger partial charge in [-0.3, -0.25) is 4.79 Å². The molecule has 0 aliphatic carbocycles. The van der Waals surface area contributed by atoms with Crippen molar-refractivity contribution in [3.05, 3.63) is 30.6 Å². The van der Waals surface area contributed by atoms with Crippen molar-refractivity contribution in [3.63, 3.8) is 0 Å². The molecule has 1 aromatic heterocycles. The van der Waals surface area contributed by atoms with Gasteiger partial charge in [0.1, 0.15) is 0 Å². The van der Waals surface area contributed by atoms with E-state index >= 15 is 0 Å². The number of hydrogen-bond donors (Lipinski definition) is 2. The number of nitrogens with zero attached hydrogens (tertiary/aromatic N) is 2. The first kappa shape index (κ1) is 13.1. The topological polar surface area (TPSA) is 76.1 Å². The summed E-state index contributed by atoms with van der Waals surface area (Å²) in [5.74, 6) is 0.260. The molecule has 0 unspecified atom stereocenters. The minimum absolute atomic E-state index is 0.214. The van der Waals surface area contributed by atoms with Gasteiger partial charge in [-0.2, -0.15) is 0 Å². The third-order valence-corrected chi connectivity index (χ3v) is 1.91. The van der Waals surface area contributed by atoms with Gasteiger partial charge in [0.25, 0.3) is 5.91 Å². The van der Waals surface area contributed by atoms with E-state index in [4.69, 9.17) is 4.74 Å². The van der Waals surface area contributed by atoms with E-state index in [-0.39, 0.29) is 5.91 Å². The Morgan fingerprint density at radius 1 is 1.53 bits per heavy atom. The van der Waals surface area contributed by atoms with E-state index in [9.17, 15) is 4.79 Å². The van der Waals surface area contributed by atoms with Crippen molar-refractivity contribution in [1.82, 2.24) is 15.3 Å². The van der Waals surface area contributed by atoms with Crippen LogP contribution in [0.3, 0.4) is 0 Å². The van der Waals surface area contributed by atoms with Crippen LogP contribution in [0.5, 0.6) is 0 Å². The zero-order valence-corrected chi connectivity index (χ0v) is 9.77. The second-order valence-electron chi connectivity index (χ2n) is 3.21. The molecule has 1 amide bonds. The lowest BCUT2D eigenvalue weighted by Crippen LogP contribution is -2.23. The average molecular weight is 236 g/mol. The van der Waals surface area contributed by atoms with Crippen molar-refractivity contribution in [2.45, 2.75) is 0 Å². The zero-order valence-electron chi connectivity index (χ0n) is 9.77. The Morgan fingerprint density at radius 3 is 2.82 bits per heavy atom. The number of hydrogen-bond acceptors (Lipinski definition) is 5. The largest absolute Gasteiger partial charge is 0.383 e. The Kier molecular flexibility index (Phi) is 5.67. The lowest BCUT2D eigenvalue weighted by atomic mass is 10.3. The quantitative estimate of drug-likeness (QED) is 0.531. The predicted molar refractivity (Wildman–Crippen MR) is 64.9 cm³/mol. The Labute approximate surface area is 100 Å². The third kappa shape index (κ3) is 4.60. The van der Waals surface area contributed by atoms with Crippen molar-refractivity contribution < 1.29 is 9.53 Å². The Hall–Kier alpha value is -1.95. The van der Waals surface area contributed by atoms with E-state index in [2.05, 4.69) is 27.2 Å². The Balaban J connectivity index is 2.49. The average Bonchev–Trinajstić information content (AvgIpc) is 2.37. The Morgan fingerprint density at radius 2 is 2.24 bits per heavy atom. The highest BCUT2D eigenvalue weighted by Crippen LogP contribution is 1.99. The number of ether oxygens (including phenoxy) is 1. The molecule has 1 aromatic rings. The molecule has 0 saturated heterocycles. The summed E-state index contributed by atoms with van der Waals surface area (Å²) in [6, 6.07) is 0. The van der Waals surface area contributed by atoms with Crippen LogP contribution in [0, 0.1) is 0 Å². The highest BCUT2D eigenvalue weighted by molar-refractivity contribution is 5.93. The maximum atomic E-state index is 11.5. The maximum absolute atomic E-state index is 11.5. The molecular formula is C11H16N4O2. The van der Waals surface area contributed by atoms with Gasteiger partial charge in [-0.25, -0.2) is 9.97 Å². The number of carbonyl (C=O) groups is 1. The molecule has 0 bridgehead atoms. The first-order valence-corrected chi connectivity index (χ1v) is 5.22. The molecule has 1 rings (SSSR count). The third-order valence-electron chi connectivity index (χ3n) is 1.91. The van der Waals surface area contributed by atoms with Gasteiger partial charge in [0.15, 0.2) is 0 Å².